The largest absolute Gasteiger partial charge is 0.494 e. The minimum absolute atomic E-state index is 0.221. The zero-order valence-corrected chi connectivity index (χ0v) is 18.3. The molecule has 0 aliphatic rings. The highest BCUT2D eigenvalue weighted by Gasteiger charge is 2.24. The molecule has 6 nitrogen and oxygen atoms in total. The Labute approximate surface area is 174 Å². The van der Waals surface area contributed by atoms with Crippen molar-refractivity contribution >= 4 is 27.5 Å². The summed E-state index contributed by atoms with van der Waals surface area (Å²) in [6.45, 7) is 10.2. The standard InChI is InChI=1S/C22H26N2O4S/c1-6-12-28-22(26)13(3)24-15(5)23-20-19(21(24)25)18(14(4)29-20)16-8-10-17(11-9-16)27-7-2/h8-11,13H,6-7,12H2,1-5H3. The van der Waals surface area contributed by atoms with Crippen LogP contribution >= 0.6 is 11.3 Å². The van der Waals surface area contributed by atoms with E-state index in [4.69, 9.17) is 9.47 Å². The number of ether oxygens (including phenoxy) is 2. The fourth-order valence-corrected chi connectivity index (χ4v) is 4.47. The number of benzene rings is 1. The smallest absolute Gasteiger partial charge is 0.329 e. The zero-order valence-electron chi connectivity index (χ0n) is 17.4. The number of aryl methyl sites for hydroxylation is 2. The Morgan fingerprint density at radius 1 is 1.21 bits per heavy atom. The Hall–Kier alpha value is -2.67. The Kier molecular flexibility index (Phi) is 6.37. The molecule has 1 aromatic carbocycles. The van der Waals surface area contributed by atoms with Crippen molar-refractivity contribution < 1.29 is 14.3 Å². The number of rotatable bonds is 7. The monoisotopic (exact) mass is 414 g/mol. The lowest BCUT2D eigenvalue weighted by Gasteiger charge is -2.16. The molecule has 0 amide bonds. The van der Waals surface area contributed by atoms with E-state index in [0.717, 1.165) is 28.2 Å². The Morgan fingerprint density at radius 3 is 2.52 bits per heavy atom. The summed E-state index contributed by atoms with van der Waals surface area (Å²) >= 11 is 1.49. The zero-order chi connectivity index (χ0) is 21.1. The molecule has 1 atom stereocenters. The van der Waals surface area contributed by atoms with E-state index in [1.54, 1.807) is 13.8 Å². The molecule has 29 heavy (non-hydrogen) atoms. The summed E-state index contributed by atoms with van der Waals surface area (Å²) in [7, 11) is 0. The van der Waals surface area contributed by atoms with Crippen molar-refractivity contribution in [3.05, 3.63) is 45.3 Å². The predicted octanol–water partition coefficient (Wildman–Crippen LogP) is 4.65. The number of esters is 1. The molecule has 2 heterocycles. The number of hydrogen-bond donors (Lipinski definition) is 0. The van der Waals surface area contributed by atoms with Crippen LogP contribution in [0.5, 0.6) is 5.75 Å². The highest BCUT2D eigenvalue weighted by molar-refractivity contribution is 7.19. The number of carbonyl (C=O) groups excluding carboxylic acids is 1. The molecule has 7 heteroatoms. The first-order valence-electron chi connectivity index (χ1n) is 9.81. The van der Waals surface area contributed by atoms with Crippen molar-refractivity contribution in [2.45, 2.75) is 47.1 Å². The molecule has 0 saturated heterocycles. The summed E-state index contributed by atoms with van der Waals surface area (Å²) in [5.74, 6) is 0.864. The van der Waals surface area contributed by atoms with Crippen LogP contribution in [-0.2, 0) is 9.53 Å². The quantitative estimate of drug-likeness (QED) is 0.526. The lowest BCUT2D eigenvalue weighted by molar-refractivity contribution is -0.147. The van der Waals surface area contributed by atoms with Crippen LogP contribution in [0.4, 0.5) is 0 Å². The van der Waals surface area contributed by atoms with E-state index in [1.165, 1.54) is 15.9 Å². The van der Waals surface area contributed by atoms with Gasteiger partial charge in [0.2, 0.25) is 0 Å². The number of aromatic nitrogens is 2. The van der Waals surface area contributed by atoms with Gasteiger partial charge in [0.15, 0.2) is 0 Å². The molecule has 0 aliphatic carbocycles. The average Bonchev–Trinajstić information content (AvgIpc) is 3.02. The molecule has 3 rings (SSSR count). The Bertz CT molecular complexity index is 1080. The van der Waals surface area contributed by atoms with Crippen molar-refractivity contribution in [3.8, 4) is 16.9 Å². The van der Waals surface area contributed by atoms with Crippen molar-refractivity contribution in [3.63, 3.8) is 0 Å². The van der Waals surface area contributed by atoms with Gasteiger partial charge < -0.3 is 9.47 Å². The summed E-state index contributed by atoms with van der Waals surface area (Å²) < 4.78 is 12.2. The van der Waals surface area contributed by atoms with E-state index in [2.05, 4.69) is 4.98 Å². The van der Waals surface area contributed by atoms with Gasteiger partial charge in [-0.3, -0.25) is 9.36 Å². The van der Waals surface area contributed by atoms with Crippen molar-refractivity contribution in [1.82, 2.24) is 9.55 Å². The van der Waals surface area contributed by atoms with E-state index in [1.807, 2.05) is 45.0 Å². The third kappa shape index (κ3) is 4.05. The molecule has 3 aromatic rings. The first kappa shape index (κ1) is 21.0. The fraction of sp³-hybridized carbons (Fsp3) is 0.409. The van der Waals surface area contributed by atoms with Crippen molar-refractivity contribution in [2.75, 3.05) is 13.2 Å². The van der Waals surface area contributed by atoms with Gasteiger partial charge >= 0.3 is 5.97 Å². The number of thiophene rings is 1. The second-order valence-corrected chi connectivity index (χ2v) is 8.05. The summed E-state index contributed by atoms with van der Waals surface area (Å²) in [4.78, 5) is 32.1. The molecule has 0 bridgehead atoms. The van der Waals surface area contributed by atoms with Crippen LogP contribution in [0.25, 0.3) is 21.3 Å². The molecule has 0 aliphatic heterocycles. The van der Waals surface area contributed by atoms with Gasteiger partial charge in [-0.25, -0.2) is 9.78 Å². The summed E-state index contributed by atoms with van der Waals surface area (Å²) in [5, 5.41) is 0.539. The van der Waals surface area contributed by atoms with Crippen molar-refractivity contribution in [2.24, 2.45) is 0 Å². The highest BCUT2D eigenvalue weighted by atomic mass is 32.1. The molecule has 1 unspecified atom stereocenters. The number of nitrogens with zero attached hydrogens (tertiary/aromatic N) is 2. The number of hydrogen-bond acceptors (Lipinski definition) is 6. The lowest BCUT2D eigenvalue weighted by atomic mass is 10.0. The first-order valence-corrected chi connectivity index (χ1v) is 10.6. The van der Waals surface area contributed by atoms with Crippen LogP contribution in [0.2, 0.25) is 0 Å². The minimum Gasteiger partial charge on any atom is -0.494 e. The normalized spacial score (nSPS) is 12.2. The Balaban J connectivity index is 2.14. The summed E-state index contributed by atoms with van der Waals surface area (Å²) in [5.41, 5.74) is 1.56. The van der Waals surface area contributed by atoms with Crippen LogP contribution < -0.4 is 10.3 Å². The fourth-order valence-electron chi connectivity index (χ4n) is 3.39. The van der Waals surface area contributed by atoms with Gasteiger partial charge in [0.1, 0.15) is 22.4 Å². The van der Waals surface area contributed by atoms with Gasteiger partial charge in [-0.1, -0.05) is 19.1 Å². The predicted molar refractivity (Wildman–Crippen MR) is 116 cm³/mol. The van der Waals surface area contributed by atoms with E-state index in [-0.39, 0.29) is 5.56 Å². The second kappa shape index (κ2) is 8.78. The van der Waals surface area contributed by atoms with Crippen LogP contribution in [0.3, 0.4) is 0 Å². The molecular weight excluding hydrogens is 388 g/mol. The van der Waals surface area contributed by atoms with E-state index in [0.29, 0.717) is 29.3 Å². The molecule has 0 fully saturated rings. The minimum atomic E-state index is -0.737. The maximum atomic E-state index is 13.4. The van der Waals surface area contributed by atoms with E-state index < -0.39 is 12.0 Å². The molecule has 154 valence electrons. The van der Waals surface area contributed by atoms with E-state index in [9.17, 15) is 9.59 Å². The van der Waals surface area contributed by atoms with E-state index >= 15 is 0 Å². The van der Waals surface area contributed by atoms with Crippen LogP contribution in [0, 0.1) is 13.8 Å². The summed E-state index contributed by atoms with van der Waals surface area (Å²) in [6.07, 6.45) is 0.731. The molecular formula is C22H26N2O4S. The van der Waals surface area contributed by atoms with Crippen LogP contribution in [-0.4, -0.2) is 28.7 Å². The maximum absolute atomic E-state index is 13.4. The third-order valence-corrected chi connectivity index (χ3v) is 5.74. The van der Waals surface area contributed by atoms with Gasteiger partial charge in [-0.2, -0.15) is 0 Å². The molecule has 2 aromatic heterocycles. The molecule has 0 N–H and O–H groups in total. The summed E-state index contributed by atoms with van der Waals surface area (Å²) in [6, 6.07) is 6.95. The van der Waals surface area contributed by atoms with Gasteiger partial charge in [-0.15, -0.1) is 11.3 Å². The first-order chi connectivity index (χ1) is 13.9. The average molecular weight is 415 g/mol. The van der Waals surface area contributed by atoms with Crippen molar-refractivity contribution in [1.29, 1.82) is 0 Å². The molecule has 0 radical (unpaired) electrons. The van der Waals surface area contributed by atoms with Crippen LogP contribution in [0.1, 0.15) is 43.9 Å². The van der Waals surface area contributed by atoms with Crippen LogP contribution in [0.15, 0.2) is 29.1 Å². The topological polar surface area (TPSA) is 70.4 Å². The SMILES string of the molecule is CCCOC(=O)C(C)n1c(C)nc2sc(C)c(-c3ccc(OCC)cc3)c2c1=O. The maximum Gasteiger partial charge on any atom is 0.329 e. The van der Waals surface area contributed by atoms with Gasteiger partial charge in [0.25, 0.3) is 5.56 Å². The lowest BCUT2D eigenvalue weighted by Crippen LogP contribution is -2.32. The number of carbonyl (C=O) groups is 1. The van der Waals surface area contributed by atoms with Gasteiger partial charge in [0.05, 0.1) is 18.6 Å². The second-order valence-electron chi connectivity index (χ2n) is 6.85. The van der Waals surface area contributed by atoms with Gasteiger partial charge in [0, 0.05) is 10.4 Å². The molecule has 0 spiro atoms. The number of fused-ring (bicyclic) bond motifs is 1. The highest BCUT2D eigenvalue weighted by Crippen LogP contribution is 2.36. The van der Waals surface area contributed by atoms with Gasteiger partial charge in [-0.05, 0) is 51.8 Å². The third-order valence-electron chi connectivity index (χ3n) is 4.74. The Morgan fingerprint density at radius 2 is 1.90 bits per heavy atom. The molecule has 0 saturated carbocycles.